The molecule has 5 heteroatoms. The third-order valence-electron chi connectivity index (χ3n) is 2.77. The minimum atomic E-state index is 0.201. The van der Waals surface area contributed by atoms with Gasteiger partial charge < -0.3 is 4.52 Å². The second kappa shape index (κ2) is 3.61. The summed E-state index contributed by atoms with van der Waals surface area (Å²) in [7, 11) is 0. The minimum Gasteiger partial charge on any atom is -0.337 e. The van der Waals surface area contributed by atoms with Crippen LogP contribution in [0.15, 0.2) is 16.0 Å². The van der Waals surface area contributed by atoms with E-state index in [0.717, 1.165) is 6.42 Å². The summed E-state index contributed by atoms with van der Waals surface area (Å²) in [6, 6.07) is 2.15. The predicted octanol–water partition coefficient (Wildman–Crippen LogP) is 3.25. The van der Waals surface area contributed by atoms with Crippen molar-refractivity contribution < 1.29 is 4.52 Å². The first-order valence-electron chi connectivity index (χ1n) is 4.90. The lowest BCUT2D eigenvalue weighted by atomic mass is 9.88. The SMILES string of the molecule is Clc1noc(C2CCCc3sccc32)n1. The van der Waals surface area contributed by atoms with Gasteiger partial charge in [0.2, 0.25) is 5.89 Å². The third kappa shape index (κ3) is 1.58. The summed E-state index contributed by atoms with van der Waals surface area (Å²) in [5.74, 6) is 0.902. The van der Waals surface area contributed by atoms with Crippen LogP contribution >= 0.6 is 22.9 Å². The molecule has 0 saturated heterocycles. The van der Waals surface area contributed by atoms with Gasteiger partial charge in [-0.25, -0.2) is 0 Å². The average Bonchev–Trinajstić information content (AvgIpc) is 2.84. The second-order valence-corrected chi connectivity index (χ2v) is 4.98. The fourth-order valence-corrected chi connectivity index (χ4v) is 3.21. The molecule has 2 heterocycles. The molecule has 0 spiro atoms. The first kappa shape index (κ1) is 9.36. The van der Waals surface area contributed by atoms with E-state index in [1.165, 1.54) is 23.3 Å². The largest absolute Gasteiger partial charge is 0.337 e. The Labute approximate surface area is 96.1 Å². The lowest BCUT2D eigenvalue weighted by molar-refractivity contribution is 0.354. The van der Waals surface area contributed by atoms with Crippen LogP contribution in [0.4, 0.5) is 0 Å². The molecule has 0 aromatic carbocycles. The highest BCUT2D eigenvalue weighted by Crippen LogP contribution is 2.38. The molecule has 0 saturated carbocycles. The highest BCUT2D eigenvalue weighted by atomic mass is 35.5. The number of rotatable bonds is 1. The Morgan fingerprint density at radius 2 is 2.47 bits per heavy atom. The molecule has 0 aliphatic heterocycles. The van der Waals surface area contributed by atoms with E-state index in [0.29, 0.717) is 5.89 Å². The summed E-state index contributed by atoms with van der Waals surface area (Å²) < 4.78 is 5.14. The van der Waals surface area contributed by atoms with E-state index in [-0.39, 0.29) is 11.2 Å². The molecule has 2 aromatic heterocycles. The zero-order chi connectivity index (χ0) is 10.3. The molecule has 0 amide bonds. The van der Waals surface area contributed by atoms with Crippen LogP contribution in [0.1, 0.15) is 35.1 Å². The summed E-state index contributed by atoms with van der Waals surface area (Å²) in [6.45, 7) is 0. The molecule has 0 radical (unpaired) electrons. The molecule has 2 aromatic rings. The van der Waals surface area contributed by atoms with Gasteiger partial charge in [-0.2, -0.15) is 4.98 Å². The van der Waals surface area contributed by atoms with Gasteiger partial charge in [-0.3, -0.25) is 0 Å². The lowest BCUT2D eigenvalue weighted by Crippen LogP contribution is -2.08. The molecule has 78 valence electrons. The quantitative estimate of drug-likeness (QED) is 0.768. The number of aromatic nitrogens is 2. The molecule has 0 fully saturated rings. The smallest absolute Gasteiger partial charge is 0.263 e. The van der Waals surface area contributed by atoms with Gasteiger partial charge >= 0.3 is 0 Å². The zero-order valence-corrected chi connectivity index (χ0v) is 9.51. The Morgan fingerprint density at radius 3 is 3.27 bits per heavy atom. The maximum atomic E-state index is 5.67. The maximum absolute atomic E-state index is 5.67. The molecule has 3 rings (SSSR count). The highest BCUT2D eigenvalue weighted by molar-refractivity contribution is 7.10. The second-order valence-electron chi connectivity index (χ2n) is 3.65. The number of fused-ring (bicyclic) bond motifs is 1. The van der Waals surface area contributed by atoms with Crippen LogP contribution in [0, 0.1) is 0 Å². The van der Waals surface area contributed by atoms with Crippen molar-refractivity contribution in [1.82, 2.24) is 10.1 Å². The van der Waals surface area contributed by atoms with Gasteiger partial charge in [0.05, 0.1) is 5.92 Å². The molecule has 1 unspecified atom stereocenters. The van der Waals surface area contributed by atoms with Crippen molar-refractivity contribution in [2.45, 2.75) is 25.2 Å². The number of thiophene rings is 1. The standard InChI is InChI=1S/C10H9ClN2OS/c11-10-12-9(14-13-10)7-2-1-3-8-6(7)4-5-15-8/h4-5,7H,1-3H2. The Morgan fingerprint density at radius 1 is 1.53 bits per heavy atom. The summed E-state index contributed by atoms with van der Waals surface area (Å²) in [5.41, 5.74) is 1.34. The van der Waals surface area contributed by atoms with E-state index in [4.69, 9.17) is 16.1 Å². The average molecular weight is 241 g/mol. The number of nitrogens with zero attached hydrogens (tertiary/aromatic N) is 2. The number of halogens is 1. The number of hydrogen-bond acceptors (Lipinski definition) is 4. The number of hydrogen-bond donors (Lipinski definition) is 0. The number of aryl methyl sites for hydroxylation is 1. The normalized spacial score (nSPS) is 20.2. The van der Waals surface area contributed by atoms with Gasteiger partial charge in [-0.05, 0) is 53.0 Å². The van der Waals surface area contributed by atoms with Gasteiger partial charge in [0.1, 0.15) is 0 Å². The Hall–Kier alpha value is -0.870. The van der Waals surface area contributed by atoms with Gasteiger partial charge in [0.25, 0.3) is 5.28 Å². The van der Waals surface area contributed by atoms with Crippen LogP contribution < -0.4 is 0 Å². The van der Waals surface area contributed by atoms with E-state index in [9.17, 15) is 0 Å². The molecule has 1 atom stereocenters. The van der Waals surface area contributed by atoms with Crippen LogP contribution in [0.5, 0.6) is 0 Å². The molecule has 0 bridgehead atoms. The zero-order valence-electron chi connectivity index (χ0n) is 7.94. The molecule has 15 heavy (non-hydrogen) atoms. The molecule has 0 N–H and O–H groups in total. The fraction of sp³-hybridized carbons (Fsp3) is 0.400. The molecular formula is C10H9ClN2OS. The van der Waals surface area contributed by atoms with Crippen LogP contribution in [-0.4, -0.2) is 10.1 Å². The first-order chi connectivity index (χ1) is 7.34. The van der Waals surface area contributed by atoms with Crippen LogP contribution in [-0.2, 0) is 6.42 Å². The van der Waals surface area contributed by atoms with Gasteiger partial charge in [-0.15, -0.1) is 11.3 Å². The fourth-order valence-electron chi connectivity index (χ4n) is 2.10. The predicted molar refractivity (Wildman–Crippen MR) is 58.4 cm³/mol. The summed E-state index contributed by atoms with van der Waals surface area (Å²) in [4.78, 5) is 5.55. The lowest BCUT2D eigenvalue weighted by Gasteiger charge is -2.18. The summed E-state index contributed by atoms with van der Waals surface area (Å²) in [5, 5.41) is 5.96. The molecular weight excluding hydrogens is 232 g/mol. The van der Waals surface area contributed by atoms with Crippen LogP contribution in [0.2, 0.25) is 5.28 Å². The first-order valence-corrected chi connectivity index (χ1v) is 6.16. The van der Waals surface area contributed by atoms with Crippen LogP contribution in [0.25, 0.3) is 0 Å². The minimum absolute atomic E-state index is 0.201. The Bertz CT molecular complexity index is 479. The van der Waals surface area contributed by atoms with E-state index in [1.54, 1.807) is 0 Å². The van der Waals surface area contributed by atoms with Crippen LogP contribution in [0.3, 0.4) is 0 Å². The highest BCUT2D eigenvalue weighted by Gasteiger charge is 2.27. The van der Waals surface area contributed by atoms with Crippen molar-refractivity contribution in [3.05, 3.63) is 33.1 Å². The van der Waals surface area contributed by atoms with E-state index < -0.39 is 0 Å². The van der Waals surface area contributed by atoms with Crippen molar-refractivity contribution in [3.8, 4) is 0 Å². The van der Waals surface area contributed by atoms with E-state index in [2.05, 4.69) is 21.6 Å². The Balaban J connectivity index is 2.02. The summed E-state index contributed by atoms with van der Waals surface area (Å²) in [6.07, 6.45) is 3.42. The van der Waals surface area contributed by atoms with Crippen molar-refractivity contribution in [2.75, 3.05) is 0 Å². The van der Waals surface area contributed by atoms with Crippen molar-refractivity contribution in [2.24, 2.45) is 0 Å². The molecule has 1 aliphatic carbocycles. The van der Waals surface area contributed by atoms with Crippen molar-refractivity contribution >= 4 is 22.9 Å². The van der Waals surface area contributed by atoms with Crippen molar-refractivity contribution in [3.63, 3.8) is 0 Å². The third-order valence-corrected chi connectivity index (χ3v) is 3.92. The summed E-state index contributed by atoms with van der Waals surface area (Å²) >= 11 is 7.48. The van der Waals surface area contributed by atoms with Gasteiger partial charge in [0.15, 0.2) is 0 Å². The van der Waals surface area contributed by atoms with E-state index in [1.807, 2.05) is 11.3 Å². The Kier molecular flexibility index (Phi) is 2.25. The van der Waals surface area contributed by atoms with Gasteiger partial charge in [0, 0.05) is 4.88 Å². The maximum Gasteiger partial charge on any atom is 0.263 e. The topological polar surface area (TPSA) is 38.9 Å². The molecule has 1 aliphatic rings. The van der Waals surface area contributed by atoms with Crippen molar-refractivity contribution in [1.29, 1.82) is 0 Å². The molecule has 3 nitrogen and oxygen atoms in total. The van der Waals surface area contributed by atoms with E-state index >= 15 is 0 Å². The monoisotopic (exact) mass is 240 g/mol. The van der Waals surface area contributed by atoms with Gasteiger partial charge in [-0.1, -0.05) is 0 Å².